The summed E-state index contributed by atoms with van der Waals surface area (Å²) in [6, 6.07) is 6.51. The van der Waals surface area contributed by atoms with Crippen LogP contribution in [0.25, 0.3) is 0 Å². The minimum Gasteiger partial charge on any atom is -0.478 e. The van der Waals surface area contributed by atoms with Gasteiger partial charge in [0, 0.05) is 24.2 Å². The van der Waals surface area contributed by atoms with Crippen molar-refractivity contribution in [2.75, 3.05) is 6.54 Å². The van der Waals surface area contributed by atoms with Gasteiger partial charge in [0.25, 0.3) is 0 Å². The third kappa shape index (κ3) is 4.36. The molecule has 4 heteroatoms. The van der Waals surface area contributed by atoms with E-state index in [1.54, 1.807) is 31.2 Å². The van der Waals surface area contributed by atoms with Crippen LogP contribution in [-0.2, 0) is 11.3 Å². The third-order valence-corrected chi connectivity index (χ3v) is 2.42. The highest BCUT2D eigenvalue weighted by Gasteiger charge is 2.03. The number of carboxylic acids is 1. The molecule has 1 aromatic rings. The summed E-state index contributed by atoms with van der Waals surface area (Å²) in [4.78, 5) is 10.7. The number of rotatable bonds is 6. The van der Waals surface area contributed by atoms with Gasteiger partial charge in [-0.1, -0.05) is 31.2 Å². The highest BCUT2D eigenvalue weighted by atomic mass is 19.1. The minimum absolute atomic E-state index is 0.252. The molecule has 0 saturated heterocycles. The number of hydrogen-bond donors (Lipinski definition) is 2. The van der Waals surface area contributed by atoms with E-state index >= 15 is 0 Å². The normalized spacial score (nSPS) is 11.5. The number of halogens is 1. The van der Waals surface area contributed by atoms with Gasteiger partial charge in [0.2, 0.25) is 0 Å². The Morgan fingerprint density at radius 1 is 1.47 bits per heavy atom. The van der Waals surface area contributed by atoms with E-state index in [-0.39, 0.29) is 5.82 Å². The van der Waals surface area contributed by atoms with E-state index in [1.165, 1.54) is 6.07 Å². The summed E-state index contributed by atoms with van der Waals surface area (Å²) in [6.45, 7) is 2.60. The van der Waals surface area contributed by atoms with E-state index in [4.69, 9.17) is 5.11 Å². The zero-order valence-electron chi connectivity index (χ0n) is 9.74. The Morgan fingerprint density at radius 3 is 2.76 bits per heavy atom. The van der Waals surface area contributed by atoms with Gasteiger partial charge in [-0.25, -0.2) is 9.18 Å². The molecular weight excluding hydrogens is 221 g/mol. The molecule has 3 nitrogen and oxygen atoms in total. The molecule has 0 spiro atoms. The van der Waals surface area contributed by atoms with Gasteiger partial charge in [0.15, 0.2) is 0 Å². The van der Waals surface area contributed by atoms with Crippen LogP contribution < -0.4 is 5.32 Å². The quantitative estimate of drug-likeness (QED) is 0.589. The van der Waals surface area contributed by atoms with Gasteiger partial charge >= 0.3 is 5.97 Å². The van der Waals surface area contributed by atoms with Crippen molar-refractivity contribution in [3.63, 3.8) is 0 Å². The van der Waals surface area contributed by atoms with Crippen molar-refractivity contribution in [3.8, 4) is 0 Å². The molecule has 92 valence electrons. The Kier molecular flexibility index (Phi) is 5.36. The van der Waals surface area contributed by atoms with Crippen molar-refractivity contribution in [2.45, 2.75) is 19.9 Å². The van der Waals surface area contributed by atoms with E-state index in [1.807, 2.05) is 0 Å². The van der Waals surface area contributed by atoms with Crippen LogP contribution in [0, 0.1) is 5.82 Å². The zero-order valence-corrected chi connectivity index (χ0v) is 9.74. The number of aliphatic carboxylic acids is 1. The van der Waals surface area contributed by atoms with Crippen molar-refractivity contribution >= 4 is 5.97 Å². The Bertz CT molecular complexity index is 416. The molecule has 0 amide bonds. The number of carboxylic acid groups (broad SMARTS) is 1. The lowest BCUT2D eigenvalue weighted by atomic mass is 10.2. The SMILES string of the molecule is CC/C(=C/CNCc1ccccc1F)C(=O)O. The van der Waals surface area contributed by atoms with Crippen molar-refractivity contribution in [3.05, 3.63) is 47.3 Å². The largest absolute Gasteiger partial charge is 0.478 e. The molecular formula is C13H16FNO2. The summed E-state index contributed by atoms with van der Waals surface area (Å²) < 4.78 is 13.2. The lowest BCUT2D eigenvalue weighted by Crippen LogP contribution is -2.15. The minimum atomic E-state index is -0.903. The fraction of sp³-hybridized carbons (Fsp3) is 0.308. The number of nitrogens with one attached hydrogen (secondary N) is 1. The zero-order chi connectivity index (χ0) is 12.7. The molecule has 1 aromatic carbocycles. The van der Waals surface area contributed by atoms with E-state index in [9.17, 15) is 9.18 Å². The average molecular weight is 237 g/mol. The molecule has 0 aliphatic rings. The van der Waals surface area contributed by atoms with Crippen LogP contribution in [0.15, 0.2) is 35.9 Å². The number of hydrogen-bond acceptors (Lipinski definition) is 2. The maximum atomic E-state index is 13.2. The van der Waals surface area contributed by atoms with Gasteiger partial charge in [-0.3, -0.25) is 0 Å². The first-order valence-corrected chi connectivity index (χ1v) is 5.51. The first kappa shape index (κ1) is 13.4. The second-order valence-electron chi connectivity index (χ2n) is 3.61. The molecule has 1 rings (SSSR count). The summed E-state index contributed by atoms with van der Waals surface area (Å²) >= 11 is 0. The number of carbonyl (C=O) groups is 1. The second kappa shape index (κ2) is 6.81. The smallest absolute Gasteiger partial charge is 0.331 e. The maximum Gasteiger partial charge on any atom is 0.331 e. The molecule has 0 aliphatic carbocycles. The Hall–Kier alpha value is -1.68. The molecule has 0 radical (unpaired) electrons. The molecule has 0 aromatic heterocycles. The lowest BCUT2D eigenvalue weighted by molar-refractivity contribution is -0.132. The molecule has 0 saturated carbocycles. The van der Waals surface area contributed by atoms with Gasteiger partial charge in [0.1, 0.15) is 5.82 Å². The van der Waals surface area contributed by atoms with Crippen molar-refractivity contribution in [1.82, 2.24) is 5.32 Å². The number of benzene rings is 1. The molecule has 0 fully saturated rings. The van der Waals surface area contributed by atoms with Crippen LogP contribution in [0.4, 0.5) is 4.39 Å². The van der Waals surface area contributed by atoms with Gasteiger partial charge in [0.05, 0.1) is 0 Å². The van der Waals surface area contributed by atoms with Crippen LogP contribution in [0.3, 0.4) is 0 Å². The van der Waals surface area contributed by atoms with E-state index in [0.717, 1.165) is 0 Å². The first-order valence-electron chi connectivity index (χ1n) is 5.51. The van der Waals surface area contributed by atoms with Crippen LogP contribution in [0.2, 0.25) is 0 Å². The Balaban J connectivity index is 2.43. The van der Waals surface area contributed by atoms with Gasteiger partial charge in [-0.05, 0) is 12.5 Å². The predicted molar refractivity (Wildman–Crippen MR) is 64.1 cm³/mol. The Morgan fingerprint density at radius 2 is 2.18 bits per heavy atom. The van der Waals surface area contributed by atoms with Crippen LogP contribution >= 0.6 is 0 Å². The maximum absolute atomic E-state index is 13.2. The average Bonchev–Trinajstić information content (AvgIpc) is 2.31. The molecule has 0 aliphatic heterocycles. The highest BCUT2D eigenvalue weighted by Crippen LogP contribution is 2.05. The molecule has 0 unspecified atom stereocenters. The van der Waals surface area contributed by atoms with Gasteiger partial charge in [-0.2, -0.15) is 0 Å². The summed E-state index contributed by atoms with van der Waals surface area (Å²) in [5, 5.41) is 11.8. The van der Waals surface area contributed by atoms with Crippen molar-refractivity contribution < 1.29 is 14.3 Å². The first-order chi connectivity index (χ1) is 8.15. The molecule has 0 bridgehead atoms. The standard InChI is InChI=1S/C13H16FNO2/c1-2-10(13(16)17)7-8-15-9-11-5-3-4-6-12(11)14/h3-7,15H,2,8-9H2,1H3,(H,16,17)/b10-7-. The van der Waals surface area contributed by atoms with E-state index in [2.05, 4.69) is 5.32 Å². The van der Waals surface area contributed by atoms with Crippen LogP contribution in [0.5, 0.6) is 0 Å². The van der Waals surface area contributed by atoms with Crippen molar-refractivity contribution in [2.24, 2.45) is 0 Å². The highest BCUT2D eigenvalue weighted by molar-refractivity contribution is 5.86. The predicted octanol–water partition coefficient (Wildman–Crippen LogP) is 2.34. The summed E-state index contributed by atoms with van der Waals surface area (Å²) in [5.74, 6) is -1.15. The fourth-order valence-electron chi connectivity index (χ4n) is 1.43. The fourth-order valence-corrected chi connectivity index (χ4v) is 1.43. The second-order valence-corrected chi connectivity index (χ2v) is 3.61. The third-order valence-electron chi connectivity index (χ3n) is 2.42. The van der Waals surface area contributed by atoms with E-state index < -0.39 is 5.97 Å². The summed E-state index contributed by atoms with van der Waals surface area (Å²) in [5.41, 5.74) is 0.945. The van der Waals surface area contributed by atoms with Gasteiger partial charge in [-0.15, -0.1) is 0 Å². The molecule has 17 heavy (non-hydrogen) atoms. The topological polar surface area (TPSA) is 49.3 Å². The van der Waals surface area contributed by atoms with Crippen LogP contribution in [-0.4, -0.2) is 17.6 Å². The van der Waals surface area contributed by atoms with Crippen molar-refractivity contribution in [1.29, 1.82) is 0 Å². The van der Waals surface area contributed by atoms with Crippen LogP contribution in [0.1, 0.15) is 18.9 Å². The van der Waals surface area contributed by atoms with E-state index in [0.29, 0.717) is 30.6 Å². The summed E-state index contributed by atoms with van der Waals surface area (Å²) in [6.07, 6.45) is 2.10. The summed E-state index contributed by atoms with van der Waals surface area (Å²) in [7, 11) is 0. The lowest BCUT2D eigenvalue weighted by Gasteiger charge is -2.04. The monoisotopic (exact) mass is 237 g/mol. The van der Waals surface area contributed by atoms with Gasteiger partial charge < -0.3 is 10.4 Å². The molecule has 0 atom stereocenters. The Labute approximate surface area is 100.0 Å². The molecule has 0 heterocycles. The molecule has 2 N–H and O–H groups in total.